The van der Waals surface area contributed by atoms with Gasteiger partial charge in [-0.3, -0.25) is 4.79 Å². The van der Waals surface area contributed by atoms with Crippen LogP contribution in [-0.4, -0.2) is 24.8 Å². The fourth-order valence-electron chi connectivity index (χ4n) is 3.22. The maximum atomic E-state index is 12.0. The summed E-state index contributed by atoms with van der Waals surface area (Å²) < 4.78 is 16.9. The predicted octanol–water partition coefficient (Wildman–Crippen LogP) is 3.29. The van der Waals surface area contributed by atoms with E-state index in [4.69, 9.17) is 14.2 Å². The van der Waals surface area contributed by atoms with Gasteiger partial charge in [-0.05, 0) is 57.6 Å². The molecule has 0 spiro atoms. The Morgan fingerprint density at radius 2 is 2.05 bits per heavy atom. The molecular formula is C18H24O4. The molecule has 1 heterocycles. The predicted molar refractivity (Wildman–Crippen MR) is 83.4 cm³/mol. The molecule has 0 amide bonds. The fourth-order valence-corrected chi connectivity index (χ4v) is 3.22. The molecular weight excluding hydrogens is 280 g/mol. The summed E-state index contributed by atoms with van der Waals surface area (Å²) >= 11 is 0. The summed E-state index contributed by atoms with van der Waals surface area (Å²) in [5, 5.41) is 0. The Bertz CT molecular complexity index is 571. The van der Waals surface area contributed by atoms with Crippen molar-refractivity contribution in [2.24, 2.45) is 5.92 Å². The molecule has 4 heteroatoms. The highest BCUT2D eigenvalue weighted by atomic mass is 16.6. The molecule has 22 heavy (non-hydrogen) atoms. The lowest BCUT2D eigenvalue weighted by Crippen LogP contribution is -2.27. The van der Waals surface area contributed by atoms with Crippen LogP contribution in [0.15, 0.2) is 12.1 Å². The SMILES string of the molecule is CC(C)(C)OC(=O)CC1CCc2ccc3c(c2C1)OCCO3. The minimum absolute atomic E-state index is 0.108. The van der Waals surface area contributed by atoms with E-state index in [0.29, 0.717) is 25.6 Å². The number of hydrogen-bond acceptors (Lipinski definition) is 4. The van der Waals surface area contributed by atoms with E-state index in [1.807, 2.05) is 26.8 Å². The third-order valence-corrected chi connectivity index (χ3v) is 4.10. The third kappa shape index (κ3) is 3.37. The van der Waals surface area contributed by atoms with Crippen molar-refractivity contribution in [1.29, 1.82) is 0 Å². The van der Waals surface area contributed by atoms with Gasteiger partial charge in [-0.25, -0.2) is 0 Å². The van der Waals surface area contributed by atoms with Crippen LogP contribution >= 0.6 is 0 Å². The zero-order valence-electron chi connectivity index (χ0n) is 13.6. The second-order valence-corrected chi connectivity index (χ2v) is 7.13. The first-order valence-electron chi connectivity index (χ1n) is 8.04. The van der Waals surface area contributed by atoms with E-state index >= 15 is 0 Å². The van der Waals surface area contributed by atoms with Crippen LogP contribution < -0.4 is 9.47 Å². The Hall–Kier alpha value is -1.71. The number of aryl methyl sites for hydroxylation is 1. The van der Waals surface area contributed by atoms with E-state index < -0.39 is 5.60 Å². The summed E-state index contributed by atoms with van der Waals surface area (Å²) in [6, 6.07) is 4.13. The lowest BCUT2D eigenvalue weighted by Gasteiger charge is -2.29. The number of benzene rings is 1. The smallest absolute Gasteiger partial charge is 0.306 e. The summed E-state index contributed by atoms with van der Waals surface area (Å²) in [5.74, 6) is 1.93. The van der Waals surface area contributed by atoms with Crippen molar-refractivity contribution in [2.45, 2.75) is 52.1 Å². The van der Waals surface area contributed by atoms with Crippen molar-refractivity contribution < 1.29 is 19.0 Å². The highest BCUT2D eigenvalue weighted by molar-refractivity contribution is 5.70. The second-order valence-electron chi connectivity index (χ2n) is 7.13. The van der Waals surface area contributed by atoms with E-state index in [1.54, 1.807) is 0 Å². The first-order valence-corrected chi connectivity index (χ1v) is 8.04. The van der Waals surface area contributed by atoms with E-state index in [2.05, 4.69) is 6.07 Å². The first kappa shape index (κ1) is 15.2. The molecule has 3 rings (SSSR count). The van der Waals surface area contributed by atoms with Crippen LogP contribution in [0.5, 0.6) is 11.5 Å². The van der Waals surface area contributed by atoms with Gasteiger partial charge in [0, 0.05) is 12.0 Å². The van der Waals surface area contributed by atoms with Gasteiger partial charge >= 0.3 is 5.97 Å². The van der Waals surface area contributed by atoms with Gasteiger partial charge in [0.15, 0.2) is 11.5 Å². The molecule has 1 aromatic carbocycles. The quantitative estimate of drug-likeness (QED) is 0.786. The Kier molecular flexibility index (Phi) is 4.02. The normalized spacial score (nSPS) is 20.2. The summed E-state index contributed by atoms with van der Waals surface area (Å²) in [6.45, 7) is 6.92. The van der Waals surface area contributed by atoms with Crippen molar-refractivity contribution >= 4 is 5.97 Å². The lowest BCUT2D eigenvalue weighted by molar-refractivity contribution is -0.156. The van der Waals surface area contributed by atoms with Gasteiger partial charge in [0.25, 0.3) is 0 Å². The van der Waals surface area contributed by atoms with Crippen molar-refractivity contribution in [1.82, 2.24) is 0 Å². The summed E-state index contributed by atoms with van der Waals surface area (Å²) in [7, 11) is 0. The van der Waals surface area contributed by atoms with Crippen LogP contribution in [0, 0.1) is 5.92 Å². The molecule has 0 N–H and O–H groups in total. The van der Waals surface area contributed by atoms with E-state index in [-0.39, 0.29) is 5.97 Å². The van der Waals surface area contributed by atoms with Gasteiger partial charge in [0.05, 0.1) is 0 Å². The number of fused-ring (bicyclic) bond motifs is 3. The average molecular weight is 304 g/mol. The highest BCUT2D eigenvalue weighted by Gasteiger charge is 2.28. The molecule has 120 valence electrons. The van der Waals surface area contributed by atoms with Crippen molar-refractivity contribution in [3.8, 4) is 11.5 Å². The number of esters is 1. The molecule has 1 aromatic rings. The summed E-state index contributed by atoms with van der Waals surface area (Å²) in [5.41, 5.74) is 2.13. The van der Waals surface area contributed by atoms with Crippen molar-refractivity contribution in [3.05, 3.63) is 23.3 Å². The standard InChI is InChI=1S/C18H24O4/c1-18(2,3)22-16(19)11-12-4-5-13-6-7-15-17(14(13)10-12)21-9-8-20-15/h6-7,12H,4-5,8-11H2,1-3H3. The van der Waals surface area contributed by atoms with E-state index in [0.717, 1.165) is 30.8 Å². The lowest BCUT2D eigenvalue weighted by atomic mass is 9.81. The Labute approximate surface area is 131 Å². The molecule has 1 atom stereocenters. The molecule has 0 radical (unpaired) electrons. The monoisotopic (exact) mass is 304 g/mol. The third-order valence-electron chi connectivity index (χ3n) is 4.10. The molecule has 1 aliphatic heterocycles. The molecule has 0 aromatic heterocycles. The van der Waals surface area contributed by atoms with Crippen LogP contribution in [0.3, 0.4) is 0 Å². The summed E-state index contributed by atoms with van der Waals surface area (Å²) in [4.78, 5) is 12.0. The molecule has 1 unspecified atom stereocenters. The van der Waals surface area contributed by atoms with Crippen LogP contribution in [-0.2, 0) is 22.4 Å². The Balaban J connectivity index is 1.72. The molecule has 0 saturated heterocycles. The van der Waals surface area contributed by atoms with Crippen LogP contribution in [0.2, 0.25) is 0 Å². The van der Waals surface area contributed by atoms with Crippen LogP contribution in [0.1, 0.15) is 44.7 Å². The molecule has 0 fully saturated rings. The molecule has 2 aliphatic rings. The van der Waals surface area contributed by atoms with E-state index in [1.165, 1.54) is 11.1 Å². The van der Waals surface area contributed by atoms with Crippen molar-refractivity contribution in [2.75, 3.05) is 13.2 Å². The maximum Gasteiger partial charge on any atom is 0.306 e. The van der Waals surface area contributed by atoms with Crippen molar-refractivity contribution in [3.63, 3.8) is 0 Å². The summed E-state index contributed by atoms with van der Waals surface area (Å²) in [6.07, 6.45) is 3.34. The Morgan fingerprint density at radius 3 is 2.82 bits per heavy atom. The van der Waals surface area contributed by atoms with Gasteiger partial charge in [-0.15, -0.1) is 0 Å². The zero-order valence-corrected chi connectivity index (χ0v) is 13.6. The van der Waals surface area contributed by atoms with Gasteiger partial charge < -0.3 is 14.2 Å². The average Bonchev–Trinajstić information content (AvgIpc) is 2.45. The molecule has 0 bridgehead atoms. The molecule has 0 saturated carbocycles. The fraction of sp³-hybridized carbons (Fsp3) is 0.611. The van der Waals surface area contributed by atoms with Crippen LogP contribution in [0.25, 0.3) is 0 Å². The van der Waals surface area contributed by atoms with Gasteiger partial charge in [-0.1, -0.05) is 6.07 Å². The molecule has 1 aliphatic carbocycles. The number of carbonyl (C=O) groups is 1. The maximum absolute atomic E-state index is 12.0. The van der Waals surface area contributed by atoms with Gasteiger partial charge in [0.2, 0.25) is 0 Å². The number of ether oxygens (including phenoxy) is 3. The number of carbonyl (C=O) groups excluding carboxylic acids is 1. The number of rotatable bonds is 2. The number of hydrogen-bond donors (Lipinski definition) is 0. The highest BCUT2D eigenvalue weighted by Crippen LogP contribution is 2.41. The minimum atomic E-state index is -0.417. The van der Waals surface area contributed by atoms with Crippen LogP contribution in [0.4, 0.5) is 0 Å². The van der Waals surface area contributed by atoms with Gasteiger partial charge in [-0.2, -0.15) is 0 Å². The Morgan fingerprint density at radius 1 is 1.27 bits per heavy atom. The zero-order chi connectivity index (χ0) is 15.7. The first-order chi connectivity index (χ1) is 10.4. The van der Waals surface area contributed by atoms with Gasteiger partial charge in [0.1, 0.15) is 18.8 Å². The minimum Gasteiger partial charge on any atom is -0.486 e. The van der Waals surface area contributed by atoms with E-state index in [9.17, 15) is 4.79 Å². The largest absolute Gasteiger partial charge is 0.486 e. The molecule has 4 nitrogen and oxygen atoms in total. The topological polar surface area (TPSA) is 44.8 Å². The second kappa shape index (κ2) is 5.82.